The van der Waals surface area contributed by atoms with Crippen LogP contribution in [0.5, 0.6) is 11.5 Å². The van der Waals surface area contributed by atoms with Crippen molar-refractivity contribution in [1.82, 2.24) is 0 Å². The van der Waals surface area contributed by atoms with E-state index < -0.39 is 5.82 Å². The number of benzene rings is 2. The summed E-state index contributed by atoms with van der Waals surface area (Å²) >= 11 is 6.38. The second-order valence-electron chi connectivity index (χ2n) is 3.76. The highest BCUT2D eigenvalue weighted by atomic mass is 79.9. The number of hydrogen-bond donors (Lipinski definition) is 2. The molecule has 0 heterocycles. The van der Waals surface area contributed by atoms with E-state index in [1.807, 2.05) is 6.07 Å². The van der Waals surface area contributed by atoms with Gasteiger partial charge in [0.15, 0.2) is 17.4 Å². The van der Waals surface area contributed by atoms with Gasteiger partial charge in [0.05, 0.1) is 8.95 Å². The molecule has 104 valence electrons. The van der Waals surface area contributed by atoms with Crippen LogP contribution in [0.2, 0.25) is 0 Å². The molecule has 2 aromatic carbocycles. The number of ether oxygens (including phenoxy) is 1. The maximum absolute atomic E-state index is 14.2. The summed E-state index contributed by atoms with van der Waals surface area (Å²) in [6.45, 7) is 0. The fraction of sp³-hybridized carbons (Fsp3) is 0. The van der Waals surface area contributed by atoms with Gasteiger partial charge in [-0.1, -0.05) is 17.3 Å². The second kappa shape index (κ2) is 6.23. The number of para-hydroxylation sites is 1. The lowest BCUT2D eigenvalue weighted by molar-refractivity contribution is 0.318. The van der Waals surface area contributed by atoms with E-state index in [-0.39, 0.29) is 21.6 Å². The zero-order chi connectivity index (χ0) is 14.7. The van der Waals surface area contributed by atoms with Crippen molar-refractivity contribution in [3.63, 3.8) is 0 Å². The highest BCUT2D eigenvalue weighted by Gasteiger charge is 2.16. The highest BCUT2D eigenvalue weighted by Crippen LogP contribution is 2.34. The molecule has 0 aromatic heterocycles. The van der Waals surface area contributed by atoms with Gasteiger partial charge in [0.25, 0.3) is 0 Å². The molecule has 3 N–H and O–H groups in total. The molecule has 0 aliphatic carbocycles. The second-order valence-corrected chi connectivity index (χ2v) is 5.40. The van der Waals surface area contributed by atoms with E-state index in [9.17, 15) is 4.39 Å². The fourth-order valence-electron chi connectivity index (χ4n) is 1.51. The third-order valence-corrected chi connectivity index (χ3v) is 3.92. The van der Waals surface area contributed by atoms with Crippen LogP contribution < -0.4 is 10.5 Å². The SMILES string of the molecule is N/C(=N/O)c1ccc(Oc2ccccc2Br)c(F)c1Br. The van der Waals surface area contributed by atoms with Crippen LogP contribution in [0.4, 0.5) is 4.39 Å². The molecule has 4 nitrogen and oxygen atoms in total. The first-order chi connectivity index (χ1) is 9.54. The Bertz CT molecular complexity index is 677. The van der Waals surface area contributed by atoms with E-state index in [0.29, 0.717) is 10.2 Å². The van der Waals surface area contributed by atoms with E-state index in [1.54, 1.807) is 18.2 Å². The van der Waals surface area contributed by atoms with Crippen LogP contribution in [0, 0.1) is 5.82 Å². The first kappa shape index (κ1) is 14.8. The maximum Gasteiger partial charge on any atom is 0.180 e. The van der Waals surface area contributed by atoms with Crippen LogP contribution in [0.1, 0.15) is 5.56 Å². The summed E-state index contributed by atoms with van der Waals surface area (Å²) in [4.78, 5) is 0. The van der Waals surface area contributed by atoms with Crippen molar-refractivity contribution in [2.45, 2.75) is 0 Å². The van der Waals surface area contributed by atoms with Crippen molar-refractivity contribution in [3.8, 4) is 11.5 Å². The van der Waals surface area contributed by atoms with E-state index in [0.717, 1.165) is 0 Å². The Hall–Kier alpha value is -1.60. The molecule has 2 rings (SSSR count). The third kappa shape index (κ3) is 2.94. The Morgan fingerprint density at radius 1 is 1.15 bits per heavy atom. The Morgan fingerprint density at radius 2 is 1.85 bits per heavy atom. The number of rotatable bonds is 3. The van der Waals surface area contributed by atoms with Gasteiger partial charge in [-0.05, 0) is 56.1 Å². The van der Waals surface area contributed by atoms with Gasteiger partial charge in [0, 0.05) is 5.56 Å². The van der Waals surface area contributed by atoms with Gasteiger partial charge in [-0.2, -0.15) is 0 Å². The topological polar surface area (TPSA) is 67.8 Å². The van der Waals surface area contributed by atoms with Crippen molar-refractivity contribution >= 4 is 37.7 Å². The predicted octanol–water partition coefficient (Wildman–Crippen LogP) is 4.24. The van der Waals surface area contributed by atoms with Gasteiger partial charge in [-0.25, -0.2) is 4.39 Å². The summed E-state index contributed by atoms with van der Waals surface area (Å²) in [6, 6.07) is 9.99. The molecule has 0 unspecified atom stereocenters. The average molecular weight is 404 g/mol. The van der Waals surface area contributed by atoms with E-state index in [4.69, 9.17) is 15.7 Å². The van der Waals surface area contributed by atoms with Crippen molar-refractivity contribution in [1.29, 1.82) is 0 Å². The number of nitrogens with zero attached hydrogens (tertiary/aromatic N) is 1. The molecule has 0 fully saturated rings. The van der Waals surface area contributed by atoms with Gasteiger partial charge < -0.3 is 15.7 Å². The molecule has 20 heavy (non-hydrogen) atoms. The van der Waals surface area contributed by atoms with E-state index in [1.165, 1.54) is 12.1 Å². The minimum Gasteiger partial charge on any atom is -0.453 e. The fourth-order valence-corrected chi connectivity index (χ4v) is 2.40. The molecule has 7 heteroatoms. The average Bonchev–Trinajstić information content (AvgIpc) is 2.45. The van der Waals surface area contributed by atoms with Crippen LogP contribution in [0.3, 0.4) is 0 Å². The Kier molecular flexibility index (Phi) is 4.61. The molecule has 0 atom stereocenters. The summed E-state index contributed by atoms with van der Waals surface area (Å²) in [6.07, 6.45) is 0. The van der Waals surface area contributed by atoms with Crippen molar-refractivity contribution in [3.05, 3.63) is 56.7 Å². The minimum atomic E-state index is -0.634. The molecule has 0 bridgehead atoms. The van der Waals surface area contributed by atoms with Crippen LogP contribution in [0.15, 0.2) is 50.5 Å². The van der Waals surface area contributed by atoms with Crippen molar-refractivity contribution < 1.29 is 14.3 Å². The van der Waals surface area contributed by atoms with E-state index in [2.05, 4.69) is 37.0 Å². The number of hydrogen-bond acceptors (Lipinski definition) is 3. The van der Waals surface area contributed by atoms with Gasteiger partial charge in [-0.3, -0.25) is 0 Å². The molecule has 0 saturated carbocycles. The standard InChI is InChI=1S/C13H9Br2FN2O2/c14-8-3-1-2-4-9(8)20-10-6-5-7(13(17)18-19)11(15)12(10)16/h1-6,19H,(H2,17,18). The number of halogens is 3. The lowest BCUT2D eigenvalue weighted by Gasteiger charge is -2.11. The predicted molar refractivity (Wildman–Crippen MR) is 80.8 cm³/mol. The van der Waals surface area contributed by atoms with Crippen LogP contribution in [-0.4, -0.2) is 11.0 Å². The van der Waals surface area contributed by atoms with Gasteiger partial charge in [0.2, 0.25) is 0 Å². The molecule has 0 radical (unpaired) electrons. The third-order valence-electron chi connectivity index (χ3n) is 2.49. The molecule has 0 saturated heterocycles. The number of oxime groups is 1. The van der Waals surface area contributed by atoms with Gasteiger partial charge >= 0.3 is 0 Å². The highest BCUT2D eigenvalue weighted by molar-refractivity contribution is 9.10. The van der Waals surface area contributed by atoms with Crippen LogP contribution in [0.25, 0.3) is 0 Å². The minimum absolute atomic E-state index is 0.0262. The molecule has 0 spiro atoms. The summed E-state index contributed by atoms with van der Waals surface area (Å²) < 4.78 is 20.5. The smallest absolute Gasteiger partial charge is 0.180 e. The Labute approximate surface area is 131 Å². The Balaban J connectivity index is 2.40. The summed E-state index contributed by atoms with van der Waals surface area (Å²) in [5, 5.41) is 11.5. The normalized spacial score (nSPS) is 11.4. The first-order valence-corrected chi connectivity index (χ1v) is 7.01. The zero-order valence-electron chi connectivity index (χ0n) is 9.98. The first-order valence-electron chi connectivity index (χ1n) is 5.43. The molecule has 0 aliphatic rings. The number of amidine groups is 1. The lowest BCUT2D eigenvalue weighted by atomic mass is 10.2. The van der Waals surface area contributed by atoms with Gasteiger partial charge in [-0.15, -0.1) is 0 Å². The van der Waals surface area contributed by atoms with Crippen molar-refractivity contribution in [2.24, 2.45) is 10.9 Å². The molecular weight excluding hydrogens is 395 g/mol. The van der Waals surface area contributed by atoms with Gasteiger partial charge in [0.1, 0.15) is 5.75 Å². The zero-order valence-corrected chi connectivity index (χ0v) is 13.2. The quantitative estimate of drug-likeness (QED) is 0.348. The summed E-state index contributed by atoms with van der Waals surface area (Å²) in [7, 11) is 0. The largest absolute Gasteiger partial charge is 0.453 e. The number of nitrogens with two attached hydrogens (primary N) is 1. The molecule has 0 aliphatic heterocycles. The summed E-state index contributed by atoms with van der Waals surface area (Å²) in [5.74, 6) is -0.318. The lowest BCUT2D eigenvalue weighted by Crippen LogP contribution is -2.14. The maximum atomic E-state index is 14.2. The van der Waals surface area contributed by atoms with E-state index >= 15 is 0 Å². The molecule has 2 aromatic rings. The Morgan fingerprint density at radius 3 is 2.50 bits per heavy atom. The van der Waals surface area contributed by atoms with Crippen LogP contribution >= 0.6 is 31.9 Å². The monoisotopic (exact) mass is 402 g/mol. The van der Waals surface area contributed by atoms with Crippen LogP contribution in [-0.2, 0) is 0 Å². The van der Waals surface area contributed by atoms with Crippen molar-refractivity contribution in [2.75, 3.05) is 0 Å². The molecule has 0 amide bonds. The molecular formula is C13H9Br2FN2O2. The summed E-state index contributed by atoms with van der Waals surface area (Å²) in [5.41, 5.74) is 5.69.